The molecule has 0 fully saturated rings. The topological polar surface area (TPSA) is 14.7 Å². The Balaban J connectivity index is 1.39. The van der Waals surface area contributed by atoms with Crippen LogP contribution in [0.25, 0.3) is 16.6 Å². The van der Waals surface area contributed by atoms with Crippen LogP contribution >= 0.6 is 0 Å². The van der Waals surface area contributed by atoms with Gasteiger partial charge in [0.25, 0.3) is 6.71 Å². The lowest BCUT2D eigenvalue weighted by Gasteiger charge is -2.45. The number of para-hydroxylation sites is 3. The van der Waals surface area contributed by atoms with Crippen LogP contribution in [0.5, 0.6) is 0 Å². The number of fused-ring (bicyclic) bond motifs is 5. The first kappa shape index (κ1) is 21.0. The van der Waals surface area contributed by atoms with Crippen molar-refractivity contribution < 1.29 is 0 Å². The van der Waals surface area contributed by atoms with Crippen molar-refractivity contribution in [3.05, 3.63) is 115 Å². The van der Waals surface area contributed by atoms with Gasteiger partial charge in [0.2, 0.25) is 0 Å². The van der Waals surface area contributed by atoms with Gasteiger partial charge in [-0.3, -0.25) is 0 Å². The van der Waals surface area contributed by atoms with Gasteiger partial charge in [-0.2, -0.15) is 0 Å². The molecule has 6 aromatic rings. The third kappa shape index (κ3) is 2.18. The molecule has 1 aromatic heterocycles. The fourth-order valence-electron chi connectivity index (χ4n) is 8.21. The van der Waals surface area contributed by atoms with E-state index >= 15 is 0 Å². The van der Waals surface area contributed by atoms with E-state index in [4.69, 9.17) is 0 Å². The lowest BCUT2D eigenvalue weighted by molar-refractivity contribution is 0.541. The van der Waals surface area contributed by atoms with Gasteiger partial charge < -0.3 is 19.3 Å². The van der Waals surface area contributed by atoms with Gasteiger partial charge in [0.15, 0.2) is 0 Å². The molecular weight excluding hydrogens is 487 g/mol. The van der Waals surface area contributed by atoms with E-state index < -0.39 is 0 Å². The van der Waals surface area contributed by atoms with E-state index in [9.17, 15) is 0 Å². The van der Waals surface area contributed by atoms with Crippen molar-refractivity contribution >= 4 is 73.9 Å². The lowest BCUT2D eigenvalue weighted by Crippen LogP contribution is -2.62. The van der Waals surface area contributed by atoms with E-state index in [1.165, 1.54) is 72.9 Å². The molecule has 0 spiro atoms. The van der Waals surface area contributed by atoms with E-state index in [-0.39, 0.29) is 12.4 Å². The largest absolute Gasteiger partial charge is 0.320 e. The van der Waals surface area contributed by atoms with Gasteiger partial charge >= 0.3 is 0 Å². The Morgan fingerprint density at radius 2 is 1.20 bits per heavy atom. The summed E-state index contributed by atoms with van der Waals surface area (Å²) in [6, 6.07) is 42.3. The molecule has 0 atom stereocenters. The Labute approximate surface area is 233 Å². The highest BCUT2D eigenvalue weighted by atomic mass is 15.5. The maximum absolute atomic E-state index is 2.62. The van der Waals surface area contributed by atoms with Crippen LogP contribution in [0.1, 0.15) is 13.8 Å². The Morgan fingerprint density at radius 1 is 0.525 bits per heavy atom. The first-order valence-electron chi connectivity index (χ1n) is 14.1. The molecule has 5 heteroatoms. The summed E-state index contributed by atoms with van der Waals surface area (Å²) in [5.41, 5.74) is 15.5. The second kappa shape index (κ2) is 6.81. The lowest BCUT2D eigenvalue weighted by atomic mass is 9.36. The molecule has 4 nitrogen and oxygen atoms in total. The zero-order chi connectivity index (χ0) is 26.3. The molecule has 0 bridgehead atoms. The zero-order valence-electron chi connectivity index (χ0n) is 22.3. The van der Waals surface area contributed by atoms with Crippen LogP contribution in [-0.4, -0.2) is 16.9 Å². The summed E-state index contributed by atoms with van der Waals surface area (Å²) in [7, 11) is 0. The van der Waals surface area contributed by atoms with Crippen LogP contribution < -0.4 is 31.2 Å². The Morgan fingerprint density at radius 3 is 2.00 bits per heavy atom. The summed E-state index contributed by atoms with van der Waals surface area (Å²) in [5, 5.41) is 1.30. The van der Waals surface area contributed by atoms with Crippen LogP contribution in [0, 0.1) is 0 Å². The number of anilines is 7. The van der Waals surface area contributed by atoms with Crippen LogP contribution in [-0.2, 0) is 0 Å². The predicted octanol–water partition coefficient (Wildman–Crippen LogP) is 6.58. The molecule has 5 aromatic carbocycles. The van der Waals surface area contributed by atoms with Crippen LogP contribution in [0.4, 0.5) is 39.8 Å². The van der Waals surface area contributed by atoms with Crippen molar-refractivity contribution in [1.29, 1.82) is 0 Å². The highest BCUT2D eigenvalue weighted by Gasteiger charge is 2.57. The second-order valence-corrected chi connectivity index (χ2v) is 11.8. The fourth-order valence-corrected chi connectivity index (χ4v) is 8.21. The first-order valence-corrected chi connectivity index (χ1v) is 14.1. The number of aromatic nitrogens is 1. The molecule has 0 radical (unpaired) electrons. The summed E-state index contributed by atoms with van der Waals surface area (Å²) in [6.07, 6.45) is 0. The van der Waals surface area contributed by atoms with E-state index in [1.54, 1.807) is 0 Å². The van der Waals surface area contributed by atoms with Gasteiger partial charge in [-0.15, -0.1) is 0 Å². The minimum atomic E-state index is -0.296. The molecule has 0 unspecified atom stereocenters. The normalized spacial score (nSPS) is 16.2. The Hall–Kier alpha value is -4.90. The third-order valence-corrected chi connectivity index (χ3v) is 9.50. The number of hydrogen-bond donors (Lipinski definition) is 0. The highest BCUT2D eigenvalue weighted by molar-refractivity contribution is 7.02. The van der Waals surface area contributed by atoms with E-state index in [1.807, 2.05) is 0 Å². The van der Waals surface area contributed by atoms with E-state index in [0.717, 1.165) is 0 Å². The number of benzene rings is 5. The van der Waals surface area contributed by atoms with Gasteiger partial charge in [0.05, 0.1) is 22.6 Å². The number of hydrogen-bond acceptors (Lipinski definition) is 3. The van der Waals surface area contributed by atoms with Gasteiger partial charge in [-0.25, -0.2) is 0 Å². The second-order valence-electron chi connectivity index (χ2n) is 11.8. The fraction of sp³-hybridized carbons (Fsp3) is 0.0857. The summed E-state index contributed by atoms with van der Waals surface area (Å²) in [6.45, 7) is 4.92. The van der Waals surface area contributed by atoms with Crippen molar-refractivity contribution in [3.63, 3.8) is 0 Å². The van der Waals surface area contributed by atoms with Crippen LogP contribution in [0.15, 0.2) is 115 Å². The molecule has 0 saturated heterocycles. The quantitative estimate of drug-likeness (QED) is 0.243. The van der Waals surface area contributed by atoms with E-state index in [0.29, 0.717) is 0 Å². The smallest absolute Gasteiger partial charge is 0.275 e. The number of rotatable bonds is 2. The summed E-state index contributed by atoms with van der Waals surface area (Å²) < 4.78 is 2.56. The van der Waals surface area contributed by atoms with Crippen molar-refractivity contribution in [2.45, 2.75) is 19.5 Å². The standard InChI is InChI=1S/C35H25BN4/c1-35(2)39(23-14-7-4-8-15-23)29-21-20-27-31-33(29)40(35)28-19-11-18-26-30(28)36(31)34-32(37(26)22-12-5-3-6-13-22)24-16-9-10-17-25(24)38(27)34/h3-21H,1-2H3. The molecule has 188 valence electrons. The minimum absolute atomic E-state index is 0.196. The molecule has 10 rings (SSSR count). The number of nitrogens with zero attached hydrogens (tertiary/aromatic N) is 4. The van der Waals surface area contributed by atoms with Crippen molar-refractivity contribution in [2.75, 3.05) is 14.7 Å². The average Bonchev–Trinajstić information content (AvgIpc) is 3.59. The van der Waals surface area contributed by atoms with Gasteiger partial charge in [-0.05, 0) is 79.4 Å². The maximum Gasteiger partial charge on any atom is 0.275 e. The highest BCUT2D eigenvalue weighted by Crippen LogP contribution is 2.56. The predicted molar refractivity (Wildman–Crippen MR) is 167 cm³/mol. The molecule has 0 amide bonds. The molecule has 0 N–H and O–H groups in total. The Bertz CT molecular complexity index is 2060. The van der Waals surface area contributed by atoms with Gasteiger partial charge in [0, 0.05) is 39.4 Å². The molecule has 40 heavy (non-hydrogen) atoms. The molecule has 4 aliphatic rings. The Kier molecular flexibility index (Phi) is 3.57. The van der Waals surface area contributed by atoms with Crippen molar-refractivity contribution in [1.82, 2.24) is 4.57 Å². The third-order valence-electron chi connectivity index (χ3n) is 9.50. The molecule has 0 saturated carbocycles. The van der Waals surface area contributed by atoms with Gasteiger partial charge in [0.1, 0.15) is 5.66 Å². The van der Waals surface area contributed by atoms with Crippen molar-refractivity contribution in [2.24, 2.45) is 0 Å². The van der Waals surface area contributed by atoms with Crippen molar-refractivity contribution in [3.8, 4) is 5.69 Å². The maximum atomic E-state index is 2.62. The monoisotopic (exact) mass is 512 g/mol. The molecular formula is C35H25BN4. The summed E-state index contributed by atoms with van der Waals surface area (Å²) in [5.74, 6) is 0. The van der Waals surface area contributed by atoms with E-state index in [2.05, 4.69) is 148 Å². The minimum Gasteiger partial charge on any atom is -0.320 e. The average molecular weight is 512 g/mol. The SMILES string of the molecule is CC1(C)N(c2ccccc2)c2ccc3c4c2N1c1cccc2c1B4c1c(c4ccccc4n1-3)N2c1ccccc1. The van der Waals surface area contributed by atoms with Crippen LogP contribution in [0.2, 0.25) is 0 Å². The zero-order valence-corrected chi connectivity index (χ0v) is 22.3. The van der Waals surface area contributed by atoms with Crippen LogP contribution in [0.3, 0.4) is 0 Å². The molecule has 4 aliphatic heterocycles. The van der Waals surface area contributed by atoms with Gasteiger partial charge in [-0.1, -0.05) is 60.7 Å². The first-order chi connectivity index (χ1) is 19.7. The molecule has 5 heterocycles. The summed E-state index contributed by atoms with van der Waals surface area (Å²) in [4.78, 5) is 7.66. The molecule has 0 aliphatic carbocycles. The summed E-state index contributed by atoms with van der Waals surface area (Å²) >= 11 is 0.